The predicted octanol–water partition coefficient (Wildman–Crippen LogP) is 2.67. The number of nitrogens with zero attached hydrogens (tertiary/aromatic N) is 1. The summed E-state index contributed by atoms with van der Waals surface area (Å²) in [5.74, 6) is 1.16. The number of rotatable bonds is 11. The Balaban J connectivity index is 0.000000685. The molecule has 9 heteroatoms. The highest BCUT2D eigenvalue weighted by molar-refractivity contribution is 6.14. The molecule has 0 unspecified atom stereocenters. The smallest absolute Gasteiger partial charge is 0.204 e. The van der Waals surface area contributed by atoms with E-state index in [9.17, 15) is 9.18 Å². The van der Waals surface area contributed by atoms with Crippen LogP contribution >= 0.6 is 0 Å². The Kier molecular flexibility index (Phi) is 17.4. The maximum atomic E-state index is 12.8. The van der Waals surface area contributed by atoms with Gasteiger partial charge in [0, 0.05) is 6.21 Å². The Morgan fingerprint density at radius 2 is 1.65 bits per heavy atom. The van der Waals surface area contributed by atoms with Crippen molar-refractivity contribution in [2.45, 2.75) is 19.3 Å². The summed E-state index contributed by atoms with van der Waals surface area (Å²) in [4.78, 5) is 18.2. The fourth-order valence-electron chi connectivity index (χ4n) is 2.17. The van der Waals surface area contributed by atoms with Gasteiger partial charge in [-0.3, -0.25) is 4.79 Å². The third-order valence-electron chi connectivity index (χ3n) is 3.53. The summed E-state index contributed by atoms with van der Waals surface area (Å²) < 4.78 is 18.4. The molecular weight excluding hydrogens is 401 g/mol. The second kappa shape index (κ2) is 19.7. The summed E-state index contributed by atoms with van der Waals surface area (Å²) in [7, 11) is 1.97. The Morgan fingerprint density at radius 3 is 2.16 bits per heavy atom. The number of benzene rings is 2. The highest BCUT2D eigenvalue weighted by Gasteiger charge is 1.99. The van der Waals surface area contributed by atoms with E-state index < -0.39 is 0 Å². The van der Waals surface area contributed by atoms with Crippen molar-refractivity contribution >= 4 is 25.1 Å². The molecule has 0 fully saturated rings. The molecule has 31 heavy (non-hydrogen) atoms. The molecule has 0 heterocycles. The van der Waals surface area contributed by atoms with Crippen LogP contribution in [0, 0.1) is 11.2 Å². The van der Waals surface area contributed by atoms with Crippen LogP contribution in [0.4, 0.5) is 4.39 Å². The monoisotopic (exact) mass is 431 g/mol. The number of primary amides is 1. The van der Waals surface area contributed by atoms with E-state index in [2.05, 4.69) is 33.7 Å². The molecule has 0 saturated heterocycles. The van der Waals surface area contributed by atoms with Gasteiger partial charge in [0.25, 0.3) is 0 Å². The fraction of sp³-hybridized carbons (Fsp3) is 0.273. The number of aldehydes is 1. The molecule has 2 rings (SSSR count). The quantitative estimate of drug-likeness (QED) is 0.188. The van der Waals surface area contributed by atoms with E-state index in [0.29, 0.717) is 12.0 Å². The van der Waals surface area contributed by atoms with Crippen LogP contribution in [0.3, 0.4) is 0 Å². The Bertz CT molecular complexity index is 753. The standard InChI is InChI=1S/C17H20FNO.C4H7N3O.CH3NO/c1-19-13-3-2-4-14-5-9-16(10-6-14)20-17-11-7-15(18)8-12-17;5-1-2-6-7-3-4-8;2-1-3/h5-12,19H,2-4,13H2,1H3;1-2,4-5,7H,3H2;1H,(H2,2,3)/b;5-1?,6-2-;. The molecule has 0 aliphatic carbocycles. The molecule has 0 aliphatic rings. The first kappa shape index (κ1) is 27.4. The Morgan fingerprint density at radius 1 is 1.06 bits per heavy atom. The van der Waals surface area contributed by atoms with Crippen molar-refractivity contribution < 1.29 is 18.7 Å². The van der Waals surface area contributed by atoms with Gasteiger partial charge in [-0.25, -0.2) is 4.39 Å². The van der Waals surface area contributed by atoms with Crippen LogP contribution in [0.5, 0.6) is 11.5 Å². The molecule has 0 aromatic heterocycles. The Hall–Kier alpha value is -3.59. The average Bonchev–Trinajstić information content (AvgIpc) is 2.78. The van der Waals surface area contributed by atoms with Gasteiger partial charge in [-0.2, -0.15) is 5.10 Å². The lowest BCUT2D eigenvalue weighted by Gasteiger charge is -2.07. The van der Waals surface area contributed by atoms with Crippen LogP contribution in [0.1, 0.15) is 18.4 Å². The topological polar surface area (TPSA) is 130 Å². The highest BCUT2D eigenvalue weighted by atomic mass is 19.1. The van der Waals surface area contributed by atoms with Crippen LogP contribution in [0.2, 0.25) is 0 Å². The van der Waals surface area contributed by atoms with Gasteiger partial charge in [0.15, 0.2) is 0 Å². The molecule has 0 spiro atoms. The van der Waals surface area contributed by atoms with Crippen molar-refractivity contribution in [2.75, 3.05) is 20.1 Å². The lowest BCUT2D eigenvalue weighted by molar-refractivity contribution is -0.107. The Labute approximate surface area is 182 Å². The van der Waals surface area contributed by atoms with Gasteiger partial charge in [0.1, 0.15) is 23.6 Å². The number of carbonyl (C=O) groups excluding carboxylic acids is 2. The lowest BCUT2D eigenvalue weighted by Crippen LogP contribution is -2.07. The van der Waals surface area contributed by atoms with Crippen molar-refractivity contribution in [3.05, 3.63) is 59.9 Å². The van der Waals surface area contributed by atoms with Crippen molar-refractivity contribution in [3.63, 3.8) is 0 Å². The normalized spacial score (nSPS) is 9.48. The first-order chi connectivity index (χ1) is 15.1. The van der Waals surface area contributed by atoms with Crippen molar-refractivity contribution in [1.29, 1.82) is 5.41 Å². The maximum Gasteiger partial charge on any atom is 0.204 e. The van der Waals surface area contributed by atoms with E-state index in [-0.39, 0.29) is 18.8 Å². The number of halogens is 1. The largest absolute Gasteiger partial charge is 0.457 e. The van der Waals surface area contributed by atoms with Crippen LogP contribution in [-0.4, -0.2) is 45.3 Å². The van der Waals surface area contributed by atoms with E-state index in [0.717, 1.165) is 24.9 Å². The fourth-order valence-corrected chi connectivity index (χ4v) is 2.17. The van der Waals surface area contributed by atoms with Gasteiger partial charge in [-0.15, -0.1) is 0 Å². The number of carbonyl (C=O) groups is 2. The van der Waals surface area contributed by atoms with Gasteiger partial charge in [0.2, 0.25) is 6.41 Å². The van der Waals surface area contributed by atoms with Crippen LogP contribution in [-0.2, 0) is 16.0 Å². The van der Waals surface area contributed by atoms with Crippen LogP contribution in [0.25, 0.3) is 0 Å². The third kappa shape index (κ3) is 16.0. The zero-order chi connectivity index (χ0) is 23.2. The summed E-state index contributed by atoms with van der Waals surface area (Å²) in [6.45, 7) is 1.26. The molecule has 1 amide bonds. The highest BCUT2D eigenvalue weighted by Crippen LogP contribution is 2.22. The van der Waals surface area contributed by atoms with Gasteiger partial charge in [0.05, 0.1) is 12.8 Å². The van der Waals surface area contributed by atoms with Gasteiger partial charge in [-0.05, 0) is 74.8 Å². The summed E-state index contributed by atoms with van der Waals surface area (Å²) in [6, 6.07) is 14.1. The summed E-state index contributed by atoms with van der Waals surface area (Å²) >= 11 is 0. The minimum atomic E-state index is -0.255. The molecule has 168 valence electrons. The zero-order valence-electron chi connectivity index (χ0n) is 17.6. The molecule has 0 aliphatic heterocycles. The summed E-state index contributed by atoms with van der Waals surface area (Å²) in [5.41, 5.74) is 7.87. The van der Waals surface area contributed by atoms with Crippen LogP contribution in [0.15, 0.2) is 53.6 Å². The molecule has 0 saturated carbocycles. The zero-order valence-corrected chi connectivity index (χ0v) is 17.6. The van der Waals surface area contributed by atoms with Crippen LogP contribution < -0.4 is 21.2 Å². The number of nitrogens with two attached hydrogens (primary N) is 1. The van der Waals surface area contributed by atoms with E-state index >= 15 is 0 Å². The van der Waals surface area contributed by atoms with Gasteiger partial charge >= 0.3 is 0 Å². The predicted molar refractivity (Wildman–Crippen MR) is 121 cm³/mol. The average molecular weight is 432 g/mol. The second-order valence-electron chi connectivity index (χ2n) is 5.87. The van der Waals surface area contributed by atoms with Crippen molar-refractivity contribution in [1.82, 2.24) is 10.7 Å². The number of nitrogens with one attached hydrogen (secondary N) is 3. The molecule has 2 aromatic rings. The van der Waals surface area contributed by atoms with Gasteiger partial charge in [-0.1, -0.05) is 12.1 Å². The van der Waals surface area contributed by atoms with E-state index in [4.69, 9.17) is 14.9 Å². The first-order valence-corrected chi connectivity index (χ1v) is 9.62. The third-order valence-corrected chi connectivity index (χ3v) is 3.53. The SMILES string of the molecule is CNCCCCc1ccc(Oc2ccc(F)cc2)cc1.N=C/C=N\NCC=O.NC=O. The molecule has 5 N–H and O–H groups in total. The number of hydrogen-bond acceptors (Lipinski definition) is 7. The minimum Gasteiger partial charge on any atom is -0.457 e. The second-order valence-corrected chi connectivity index (χ2v) is 5.87. The molecule has 0 radical (unpaired) electrons. The number of hydrazone groups is 1. The van der Waals surface area contributed by atoms with Gasteiger partial charge < -0.3 is 31.4 Å². The minimum absolute atomic E-state index is 0.199. The number of amides is 1. The summed E-state index contributed by atoms with van der Waals surface area (Å²) in [6.07, 6.45) is 6.67. The molecule has 0 bridgehead atoms. The van der Waals surface area contributed by atoms with Crippen molar-refractivity contribution in [3.8, 4) is 11.5 Å². The maximum absolute atomic E-state index is 12.8. The first-order valence-electron chi connectivity index (χ1n) is 9.62. The lowest BCUT2D eigenvalue weighted by atomic mass is 10.1. The van der Waals surface area contributed by atoms with Crippen molar-refractivity contribution in [2.24, 2.45) is 10.8 Å². The van der Waals surface area contributed by atoms with E-state index in [1.807, 2.05) is 19.2 Å². The molecule has 8 nitrogen and oxygen atoms in total. The number of hydrogen-bond donors (Lipinski definition) is 4. The number of ether oxygens (including phenoxy) is 1. The molecular formula is C22H30FN5O3. The van der Waals surface area contributed by atoms with E-state index in [1.54, 1.807) is 12.1 Å². The number of aryl methyl sites for hydroxylation is 1. The molecule has 0 atom stereocenters. The molecule has 2 aromatic carbocycles. The number of unbranched alkanes of at least 4 members (excludes halogenated alkanes) is 1. The van der Waals surface area contributed by atoms with E-state index in [1.165, 1.54) is 36.8 Å². The summed E-state index contributed by atoms with van der Waals surface area (Å²) in [5, 5.41) is 13.0.